The zero-order valence-electron chi connectivity index (χ0n) is 12.2. The van der Waals surface area contributed by atoms with Crippen LogP contribution in [0.5, 0.6) is 5.75 Å². The number of nitro benzene ring substituents is 1. The molecule has 0 unspecified atom stereocenters. The van der Waals surface area contributed by atoms with Crippen LogP contribution < -0.4 is 10.1 Å². The Kier molecular flexibility index (Phi) is 4.20. The Morgan fingerprint density at radius 3 is 2.61 bits per heavy atom. The van der Waals surface area contributed by atoms with Gasteiger partial charge < -0.3 is 10.1 Å². The molecule has 1 N–H and O–H groups in total. The molecule has 0 atom stereocenters. The minimum Gasteiger partial charge on any atom is -0.497 e. The number of methoxy groups -OCH3 is 1. The average Bonchev–Trinajstić information content (AvgIpc) is 3.04. The summed E-state index contributed by atoms with van der Waals surface area (Å²) in [5.41, 5.74) is 2.01. The van der Waals surface area contributed by atoms with E-state index >= 15 is 0 Å². The number of thiazole rings is 1. The molecule has 0 saturated heterocycles. The Hall–Kier alpha value is -2.93. The number of ether oxygens (including phenoxy) is 1. The molecule has 1 heterocycles. The number of nitrogens with zero attached hydrogens (tertiary/aromatic N) is 2. The summed E-state index contributed by atoms with van der Waals surface area (Å²) in [6.45, 7) is 0. The quantitative estimate of drug-likeness (QED) is 0.552. The Morgan fingerprint density at radius 2 is 1.91 bits per heavy atom. The van der Waals surface area contributed by atoms with Crippen LogP contribution in [0.1, 0.15) is 0 Å². The van der Waals surface area contributed by atoms with E-state index in [0.29, 0.717) is 16.4 Å². The maximum absolute atomic E-state index is 11.1. The molecule has 0 spiro atoms. The minimum absolute atomic E-state index is 0.0498. The molecule has 0 aliphatic carbocycles. The molecule has 2 aromatic carbocycles. The molecule has 0 aliphatic rings. The smallest absolute Gasteiger partial charge is 0.278 e. The second-order valence-corrected chi connectivity index (χ2v) is 5.52. The number of aromatic nitrogens is 1. The van der Waals surface area contributed by atoms with Crippen LogP contribution in [-0.2, 0) is 0 Å². The van der Waals surface area contributed by atoms with Crippen molar-refractivity contribution in [2.75, 3.05) is 12.4 Å². The van der Waals surface area contributed by atoms with Gasteiger partial charge in [-0.05, 0) is 30.3 Å². The summed E-state index contributed by atoms with van der Waals surface area (Å²) in [5.74, 6) is 0.773. The Bertz CT molecular complexity index is 831. The van der Waals surface area contributed by atoms with Crippen LogP contribution in [0.3, 0.4) is 0 Å². The van der Waals surface area contributed by atoms with Crippen molar-refractivity contribution in [3.8, 4) is 17.0 Å². The van der Waals surface area contributed by atoms with E-state index in [9.17, 15) is 10.1 Å². The first-order chi connectivity index (χ1) is 11.2. The highest BCUT2D eigenvalue weighted by Crippen LogP contribution is 2.32. The standard InChI is InChI=1S/C16H13N3O3S/c1-22-12-8-6-11(7-9-12)17-16-18-14(10-23-16)13-4-2-3-5-15(13)19(20)21/h2-10H,1H3,(H,17,18). The highest BCUT2D eigenvalue weighted by Gasteiger charge is 2.16. The van der Waals surface area contributed by atoms with Gasteiger partial charge in [-0.15, -0.1) is 11.3 Å². The summed E-state index contributed by atoms with van der Waals surface area (Å²) in [5, 5.41) is 16.8. The molecule has 0 radical (unpaired) electrons. The predicted octanol–water partition coefficient (Wildman–Crippen LogP) is 4.47. The van der Waals surface area contributed by atoms with E-state index in [2.05, 4.69) is 10.3 Å². The highest BCUT2D eigenvalue weighted by molar-refractivity contribution is 7.14. The van der Waals surface area contributed by atoms with E-state index in [1.165, 1.54) is 17.4 Å². The summed E-state index contributed by atoms with van der Waals surface area (Å²) in [6, 6.07) is 14.0. The number of para-hydroxylation sites is 1. The number of nitrogens with one attached hydrogen (secondary N) is 1. The van der Waals surface area contributed by atoms with Gasteiger partial charge in [0.05, 0.1) is 23.3 Å². The van der Waals surface area contributed by atoms with Crippen molar-refractivity contribution < 1.29 is 9.66 Å². The number of nitro groups is 1. The monoisotopic (exact) mass is 327 g/mol. The van der Waals surface area contributed by atoms with E-state index in [1.54, 1.807) is 30.7 Å². The molecular formula is C16H13N3O3S. The van der Waals surface area contributed by atoms with Crippen molar-refractivity contribution >= 4 is 27.8 Å². The first kappa shape index (κ1) is 15.0. The third-order valence-electron chi connectivity index (χ3n) is 3.22. The zero-order chi connectivity index (χ0) is 16.2. The van der Waals surface area contributed by atoms with Crippen molar-refractivity contribution in [2.24, 2.45) is 0 Å². The van der Waals surface area contributed by atoms with Gasteiger partial charge in [0.25, 0.3) is 5.69 Å². The number of hydrogen-bond acceptors (Lipinski definition) is 6. The summed E-state index contributed by atoms with van der Waals surface area (Å²) in [4.78, 5) is 15.1. The molecule has 0 fully saturated rings. The average molecular weight is 327 g/mol. The maximum atomic E-state index is 11.1. The topological polar surface area (TPSA) is 77.3 Å². The molecular weight excluding hydrogens is 314 g/mol. The number of benzene rings is 2. The molecule has 3 aromatic rings. The number of hydrogen-bond donors (Lipinski definition) is 1. The lowest BCUT2D eigenvalue weighted by molar-refractivity contribution is -0.384. The van der Waals surface area contributed by atoms with Gasteiger partial charge in [0, 0.05) is 17.1 Å². The Balaban J connectivity index is 1.84. The lowest BCUT2D eigenvalue weighted by atomic mass is 10.1. The fourth-order valence-corrected chi connectivity index (χ4v) is 2.83. The normalized spacial score (nSPS) is 10.3. The molecule has 116 valence electrons. The largest absolute Gasteiger partial charge is 0.497 e. The second-order valence-electron chi connectivity index (χ2n) is 4.67. The summed E-state index contributed by atoms with van der Waals surface area (Å²) >= 11 is 1.39. The predicted molar refractivity (Wildman–Crippen MR) is 90.5 cm³/mol. The molecule has 1 aromatic heterocycles. The van der Waals surface area contributed by atoms with E-state index in [-0.39, 0.29) is 5.69 Å². The van der Waals surface area contributed by atoms with Gasteiger partial charge in [-0.1, -0.05) is 12.1 Å². The van der Waals surface area contributed by atoms with Gasteiger partial charge in [-0.3, -0.25) is 10.1 Å². The molecule has 0 amide bonds. The van der Waals surface area contributed by atoms with Crippen molar-refractivity contribution in [2.45, 2.75) is 0 Å². The summed E-state index contributed by atoms with van der Waals surface area (Å²) in [6.07, 6.45) is 0. The second kappa shape index (κ2) is 6.45. The first-order valence-corrected chi connectivity index (χ1v) is 7.66. The number of rotatable bonds is 5. The van der Waals surface area contributed by atoms with E-state index < -0.39 is 4.92 Å². The molecule has 6 nitrogen and oxygen atoms in total. The number of anilines is 2. The van der Waals surface area contributed by atoms with Gasteiger partial charge >= 0.3 is 0 Å². The Morgan fingerprint density at radius 1 is 1.17 bits per heavy atom. The van der Waals surface area contributed by atoms with Crippen molar-refractivity contribution in [1.82, 2.24) is 4.98 Å². The summed E-state index contributed by atoms with van der Waals surface area (Å²) < 4.78 is 5.11. The van der Waals surface area contributed by atoms with Gasteiger partial charge in [-0.25, -0.2) is 4.98 Å². The zero-order valence-corrected chi connectivity index (χ0v) is 13.0. The summed E-state index contributed by atoms with van der Waals surface area (Å²) in [7, 11) is 1.61. The molecule has 23 heavy (non-hydrogen) atoms. The van der Waals surface area contributed by atoms with Crippen LogP contribution in [0.25, 0.3) is 11.3 Å². The minimum atomic E-state index is -0.398. The molecule has 3 rings (SSSR count). The van der Waals surface area contributed by atoms with Crippen LogP contribution in [0, 0.1) is 10.1 Å². The Labute approximate surface area is 136 Å². The van der Waals surface area contributed by atoms with Crippen LogP contribution in [0.15, 0.2) is 53.9 Å². The third kappa shape index (κ3) is 3.29. The third-order valence-corrected chi connectivity index (χ3v) is 3.98. The SMILES string of the molecule is COc1ccc(Nc2nc(-c3ccccc3[N+](=O)[O-])cs2)cc1. The fraction of sp³-hybridized carbons (Fsp3) is 0.0625. The maximum Gasteiger partial charge on any atom is 0.278 e. The van der Waals surface area contributed by atoms with Crippen LogP contribution >= 0.6 is 11.3 Å². The highest BCUT2D eigenvalue weighted by atomic mass is 32.1. The van der Waals surface area contributed by atoms with Crippen LogP contribution in [0.2, 0.25) is 0 Å². The molecule has 7 heteroatoms. The van der Waals surface area contributed by atoms with Gasteiger partial charge in [0.15, 0.2) is 5.13 Å². The lowest BCUT2D eigenvalue weighted by Gasteiger charge is -2.04. The molecule has 0 bridgehead atoms. The van der Waals surface area contributed by atoms with Crippen molar-refractivity contribution in [3.05, 3.63) is 64.0 Å². The van der Waals surface area contributed by atoms with E-state index in [1.807, 2.05) is 24.3 Å². The fourth-order valence-electron chi connectivity index (χ4n) is 2.10. The lowest BCUT2D eigenvalue weighted by Crippen LogP contribution is -1.93. The first-order valence-electron chi connectivity index (χ1n) is 6.78. The van der Waals surface area contributed by atoms with Gasteiger partial charge in [0.1, 0.15) is 5.75 Å². The van der Waals surface area contributed by atoms with Gasteiger partial charge in [-0.2, -0.15) is 0 Å². The van der Waals surface area contributed by atoms with Crippen molar-refractivity contribution in [1.29, 1.82) is 0 Å². The van der Waals surface area contributed by atoms with Gasteiger partial charge in [0.2, 0.25) is 0 Å². The van der Waals surface area contributed by atoms with Crippen LogP contribution in [-0.4, -0.2) is 17.0 Å². The van der Waals surface area contributed by atoms with E-state index in [0.717, 1.165) is 11.4 Å². The van der Waals surface area contributed by atoms with Crippen LogP contribution in [0.4, 0.5) is 16.5 Å². The van der Waals surface area contributed by atoms with E-state index in [4.69, 9.17) is 4.74 Å². The molecule has 0 aliphatic heterocycles. The molecule has 0 saturated carbocycles. The van der Waals surface area contributed by atoms with Crippen molar-refractivity contribution in [3.63, 3.8) is 0 Å².